The normalized spacial score (nSPS) is 9.05. The van der Waals surface area contributed by atoms with Gasteiger partial charge in [0.05, 0.1) is 12.2 Å². The zero-order valence-electron chi connectivity index (χ0n) is 11.3. The first-order chi connectivity index (χ1) is 9.65. The predicted octanol–water partition coefficient (Wildman–Crippen LogP) is 2.65. The number of esters is 1. The minimum absolute atomic E-state index is 0.256. The van der Waals surface area contributed by atoms with Gasteiger partial charge in [0.2, 0.25) is 5.91 Å². The van der Waals surface area contributed by atoms with Crippen molar-refractivity contribution < 1.29 is 14.3 Å². The van der Waals surface area contributed by atoms with Crippen LogP contribution >= 0.6 is 0 Å². The molecule has 0 aliphatic carbocycles. The molecule has 104 valence electrons. The minimum atomic E-state index is -0.379. The van der Waals surface area contributed by atoms with Crippen LogP contribution in [0.3, 0.4) is 0 Å². The van der Waals surface area contributed by atoms with E-state index in [1.807, 2.05) is 24.3 Å². The Kier molecular flexibility index (Phi) is 6.54. The van der Waals surface area contributed by atoms with Crippen LogP contribution in [0.15, 0.2) is 60.7 Å². The maximum absolute atomic E-state index is 11.0. The Balaban J connectivity index is 0.000000204. The lowest BCUT2D eigenvalue weighted by atomic mass is 10.2. The third-order valence-electron chi connectivity index (χ3n) is 2.34. The van der Waals surface area contributed by atoms with E-state index in [0.29, 0.717) is 17.7 Å². The van der Waals surface area contributed by atoms with Gasteiger partial charge in [-0.25, -0.2) is 4.79 Å². The fraction of sp³-hybridized carbons (Fsp3) is 0.125. The van der Waals surface area contributed by atoms with Gasteiger partial charge in [-0.05, 0) is 31.2 Å². The van der Waals surface area contributed by atoms with Crippen molar-refractivity contribution in [2.75, 3.05) is 6.61 Å². The molecule has 0 saturated carbocycles. The Morgan fingerprint density at radius 2 is 1.35 bits per heavy atom. The molecule has 0 spiro atoms. The fourth-order valence-corrected chi connectivity index (χ4v) is 1.39. The molecule has 0 aliphatic rings. The van der Waals surface area contributed by atoms with E-state index in [2.05, 4.69) is 0 Å². The molecular weight excluding hydrogens is 254 g/mol. The summed E-state index contributed by atoms with van der Waals surface area (Å²) in [7, 11) is 0. The van der Waals surface area contributed by atoms with E-state index in [0.717, 1.165) is 0 Å². The van der Waals surface area contributed by atoms with Gasteiger partial charge in [0.25, 0.3) is 0 Å². The summed E-state index contributed by atoms with van der Waals surface area (Å²) in [6.07, 6.45) is 0. The average Bonchev–Trinajstić information content (AvgIpc) is 2.50. The fourth-order valence-electron chi connectivity index (χ4n) is 1.39. The van der Waals surface area contributed by atoms with Gasteiger partial charge in [0.15, 0.2) is 0 Å². The molecule has 0 aliphatic heterocycles. The number of hydrogen-bond acceptors (Lipinski definition) is 3. The van der Waals surface area contributed by atoms with Gasteiger partial charge < -0.3 is 10.5 Å². The average molecular weight is 271 g/mol. The molecule has 0 unspecified atom stereocenters. The number of amides is 1. The molecule has 0 radical (unpaired) electrons. The summed E-state index contributed by atoms with van der Waals surface area (Å²) in [4.78, 5) is 21.4. The van der Waals surface area contributed by atoms with Crippen LogP contribution in [0.4, 0.5) is 0 Å². The second-order valence-electron chi connectivity index (χ2n) is 3.82. The van der Waals surface area contributed by atoms with Crippen LogP contribution in [0.5, 0.6) is 0 Å². The highest BCUT2D eigenvalue weighted by Gasteiger charge is 2.02. The van der Waals surface area contributed by atoms with Crippen molar-refractivity contribution >= 4 is 11.9 Å². The van der Waals surface area contributed by atoms with Crippen molar-refractivity contribution in [3.8, 4) is 0 Å². The van der Waals surface area contributed by atoms with Gasteiger partial charge >= 0.3 is 5.97 Å². The zero-order valence-corrected chi connectivity index (χ0v) is 11.3. The summed E-state index contributed by atoms with van der Waals surface area (Å²) < 4.78 is 4.79. The molecule has 4 nitrogen and oxygen atoms in total. The molecule has 4 heteroatoms. The maximum Gasteiger partial charge on any atom is 0.338 e. The molecule has 0 bridgehead atoms. The lowest BCUT2D eigenvalue weighted by Gasteiger charge is -1.99. The topological polar surface area (TPSA) is 69.4 Å². The van der Waals surface area contributed by atoms with Gasteiger partial charge in [0, 0.05) is 5.56 Å². The van der Waals surface area contributed by atoms with Gasteiger partial charge in [-0.1, -0.05) is 36.4 Å². The van der Waals surface area contributed by atoms with Crippen molar-refractivity contribution in [3.63, 3.8) is 0 Å². The highest BCUT2D eigenvalue weighted by molar-refractivity contribution is 5.92. The third kappa shape index (κ3) is 5.35. The quantitative estimate of drug-likeness (QED) is 0.872. The number of rotatable bonds is 3. The van der Waals surface area contributed by atoms with Crippen LogP contribution in [0.25, 0.3) is 0 Å². The number of ether oxygens (including phenoxy) is 1. The van der Waals surface area contributed by atoms with Crippen molar-refractivity contribution in [3.05, 3.63) is 71.8 Å². The van der Waals surface area contributed by atoms with Crippen LogP contribution in [-0.2, 0) is 4.74 Å². The molecule has 0 heterocycles. The largest absolute Gasteiger partial charge is 0.462 e. The molecule has 0 fully saturated rings. The monoisotopic (exact) mass is 271 g/mol. The first-order valence-corrected chi connectivity index (χ1v) is 6.22. The number of carbonyl (C=O) groups excluding carboxylic acids is 2. The first-order valence-electron chi connectivity index (χ1n) is 6.22. The third-order valence-corrected chi connectivity index (χ3v) is 2.34. The van der Waals surface area contributed by atoms with E-state index in [-0.39, 0.29) is 11.9 Å². The Hall–Kier alpha value is -2.62. The van der Waals surface area contributed by atoms with Crippen molar-refractivity contribution in [2.24, 2.45) is 5.73 Å². The molecule has 0 saturated heterocycles. The number of carbonyl (C=O) groups is 2. The van der Waals surface area contributed by atoms with Crippen LogP contribution in [-0.4, -0.2) is 18.5 Å². The van der Waals surface area contributed by atoms with Crippen molar-refractivity contribution in [2.45, 2.75) is 6.92 Å². The Morgan fingerprint density at radius 1 is 0.900 bits per heavy atom. The van der Waals surface area contributed by atoms with E-state index in [1.54, 1.807) is 43.3 Å². The number of nitrogens with two attached hydrogens (primary N) is 1. The molecule has 0 aromatic heterocycles. The first kappa shape index (κ1) is 15.4. The lowest BCUT2D eigenvalue weighted by Crippen LogP contribution is -2.09. The number of primary amides is 1. The van der Waals surface area contributed by atoms with Crippen molar-refractivity contribution in [1.82, 2.24) is 0 Å². The molecular formula is C16H17NO3. The molecule has 2 aromatic carbocycles. The van der Waals surface area contributed by atoms with Gasteiger partial charge in [0.1, 0.15) is 0 Å². The molecule has 2 aromatic rings. The van der Waals surface area contributed by atoms with E-state index < -0.39 is 0 Å². The van der Waals surface area contributed by atoms with Crippen molar-refractivity contribution in [1.29, 1.82) is 0 Å². The summed E-state index contributed by atoms with van der Waals surface area (Å²) in [5.41, 5.74) is 6.13. The van der Waals surface area contributed by atoms with E-state index >= 15 is 0 Å². The van der Waals surface area contributed by atoms with Gasteiger partial charge in [-0.3, -0.25) is 4.79 Å². The smallest absolute Gasteiger partial charge is 0.338 e. The minimum Gasteiger partial charge on any atom is -0.462 e. The van der Waals surface area contributed by atoms with Crippen LogP contribution in [0, 0.1) is 0 Å². The molecule has 2 rings (SSSR count). The van der Waals surface area contributed by atoms with Crippen LogP contribution in [0.1, 0.15) is 27.6 Å². The zero-order chi connectivity index (χ0) is 14.8. The molecule has 2 N–H and O–H groups in total. The summed E-state index contributed by atoms with van der Waals surface area (Å²) in [6, 6.07) is 17.7. The summed E-state index contributed by atoms with van der Waals surface area (Å²) in [6.45, 7) is 2.22. The predicted molar refractivity (Wildman–Crippen MR) is 77.4 cm³/mol. The maximum atomic E-state index is 11.0. The van der Waals surface area contributed by atoms with E-state index in [4.69, 9.17) is 10.5 Å². The van der Waals surface area contributed by atoms with Crippen LogP contribution in [0.2, 0.25) is 0 Å². The van der Waals surface area contributed by atoms with E-state index in [9.17, 15) is 9.59 Å². The molecule has 0 atom stereocenters. The number of hydrogen-bond donors (Lipinski definition) is 1. The van der Waals surface area contributed by atoms with Gasteiger partial charge in [-0.2, -0.15) is 0 Å². The standard InChI is InChI=1S/C9H10O2.C7H7NO/c1-2-11-9(10)8-6-4-3-5-7-8;8-7(9)6-4-2-1-3-5-6/h3-7H,2H2,1H3;1-5H,(H2,8,9). The molecule has 20 heavy (non-hydrogen) atoms. The number of benzene rings is 2. The second kappa shape index (κ2) is 8.48. The highest BCUT2D eigenvalue weighted by Crippen LogP contribution is 2.00. The Morgan fingerprint density at radius 3 is 1.70 bits per heavy atom. The Labute approximate surface area is 118 Å². The lowest BCUT2D eigenvalue weighted by molar-refractivity contribution is 0.0526. The summed E-state index contributed by atoms with van der Waals surface area (Å²) in [5, 5.41) is 0. The van der Waals surface area contributed by atoms with E-state index in [1.165, 1.54) is 0 Å². The highest BCUT2D eigenvalue weighted by atomic mass is 16.5. The Bertz CT molecular complexity index is 538. The SMILES string of the molecule is CCOC(=O)c1ccccc1.NC(=O)c1ccccc1. The summed E-state index contributed by atoms with van der Waals surface area (Å²) >= 11 is 0. The van der Waals surface area contributed by atoms with Crippen LogP contribution < -0.4 is 5.73 Å². The summed E-state index contributed by atoms with van der Waals surface area (Å²) in [5.74, 6) is -0.635. The van der Waals surface area contributed by atoms with Gasteiger partial charge in [-0.15, -0.1) is 0 Å². The second-order valence-corrected chi connectivity index (χ2v) is 3.82. The molecule has 1 amide bonds.